The van der Waals surface area contributed by atoms with Crippen molar-refractivity contribution in [3.8, 4) is 5.75 Å². The quantitative estimate of drug-likeness (QED) is 0.720. The van der Waals surface area contributed by atoms with Crippen LogP contribution in [-0.4, -0.2) is 11.7 Å². The standard InChI is InChI=1S/C11H14FNO/c1-7-4-5-8(12)10(11(7)14)9-3-2-6-13-9/h4-5,9,13-14H,2-3,6H2,1H3/t9-/m1/s1. The molecular weight excluding hydrogens is 181 g/mol. The lowest BCUT2D eigenvalue weighted by molar-refractivity contribution is 0.439. The number of aryl methyl sites for hydroxylation is 1. The molecule has 1 aliphatic heterocycles. The first-order valence-electron chi connectivity index (χ1n) is 4.91. The van der Waals surface area contributed by atoms with E-state index in [9.17, 15) is 9.50 Å². The van der Waals surface area contributed by atoms with E-state index in [-0.39, 0.29) is 17.6 Å². The van der Waals surface area contributed by atoms with Crippen LogP contribution in [0.5, 0.6) is 5.75 Å². The van der Waals surface area contributed by atoms with Crippen molar-refractivity contribution in [3.05, 3.63) is 29.1 Å². The van der Waals surface area contributed by atoms with Crippen molar-refractivity contribution in [2.45, 2.75) is 25.8 Å². The summed E-state index contributed by atoms with van der Waals surface area (Å²) in [5.74, 6) is -0.211. The largest absolute Gasteiger partial charge is 0.507 e. The number of rotatable bonds is 1. The number of nitrogens with one attached hydrogen (secondary N) is 1. The van der Waals surface area contributed by atoms with E-state index < -0.39 is 0 Å². The van der Waals surface area contributed by atoms with Crippen molar-refractivity contribution in [2.24, 2.45) is 0 Å². The van der Waals surface area contributed by atoms with Crippen molar-refractivity contribution in [1.29, 1.82) is 0 Å². The van der Waals surface area contributed by atoms with Gasteiger partial charge in [0.15, 0.2) is 0 Å². The van der Waals surface area contributed by atoms with Gasteiger partial charge in [0, 0.05) is 11.6 Å². The Kier molecular flexibility index (Phi) is 2.42. The van der Waals surface area contributed by atoms with Crippen molar-refractivity contribution >= 4 is 0 Å². The fraction of sp³-hybridized carbons (Fsp3) is 0.455. The molecule has 1 aliphatic rings. The van der Waals surface area contributed by atoms with Crippen LogP contribution in [0, 0.1) is 12.7 Å². The average Bonchev–Trinajstić information content (AvgIpc) is 2.65. The highest BCUT2D eigenvalue weighted by atomic mass is 19.1. The lowest BCUT2D eigenvalue weighted by atomic mass is 10.0. The summed E-state index contributed by atoms with van der Waals surface area (Å²) in [5.41, 5.74) is 1.16. The summed E-state index contributed by atoms with van der Waals surface area (Å²) in [6, 6.07) is 3.00. The Morgan fingerprint density at radius 1 is 1.50 bits per heavy atom. The number of phenolic OH excluding ortho intramolecular Hbond substituents is 1. The van der Waals surface area contributed by atoms with E-state index >= 15 is 0 Å². The molecule has 14 heavy (non-hydrogen) atoms. The molecule has 0 spiro atoms. The van der Waals surface area contributed by atoms with Crippen molar-refractivity contribution < 1.29 is 9.50 Å². The Labute approximate surface area is 82.8 Å². The summed E-state index contributed by atoms with van der Waals surface area (Å²) >= 11 is 0. The van der Waals surface area contributed by atoms with Gasteiger partial charge in [-0.2, -0.15) is 0 Å². The summed E-state index contributed by atoms with van der Waals surface area (Å²) in [4.78, 5) is 0. The van der Waals surface area contributed by atoms with Crippen LogP contribution in [0.2, 0.25) is 0 Å². The second-order valence-corrected chi connectivity index (χ2v) is 3.78. The smallest absolute Gasteiger partial charge is 0.131 e. The van der Waals surface area contributed by atoms with Crippen LogP contribution in [0.15, 0.2) is 12.1 Å². The van der Waals surface area contributed by atoms with Gasteiger partial charge >= 0.3 is 0 Å². The maximum atomic E-state index is 13.5. The van der Waals surface area contributed by atoms with Gasteiger partial charge in [-0.3, -0.25) is 0 Å². The molecule has 0 aliphatic carbocycles. The molecule has 1 atom stereocenters. The average molecular weight is 195 g/mol. The summed E-state index contributed by atoms with van der Waals surface area (Å²) in [6.07, 6.45) is 1.94. The predicted molar refractivity (Wildman–Crippen MR) is 52.8 cm³/mol. The van der Waals surface area contributed by atoms with Crippen molar-refractivity contribution in [2.75, 3.05) is 6.54 Å². The van der Waals surface area contributed by atoms with Crippen LogP contribution in [0.25, 0.3) is 0 Å². The second-order valence-electron chi connectivity index (χ2n) is 3.78. The van der Waals surface area contributed by atoms with E-state index in [0.717, 1.165) is 24.9 Å². The van der Waals surface area contributed by atoms with E-state index in [4.69, 9.17) is 0 Å². The maximum Gasteiger partial charge on any atom is 0.131 e. The van der Waals surface area contributed by atoms with Gasteiger partial charge in [-0.05, 0) is 37.9 Å². The first-order valence-corrected chi connectivity index (χ1v) is 4.91. The molecule has 76 valence electrons. The van der Waals surface area contributed by atoms with E-state index in [2.05, 4.69) is 5.32 Å². The number of hydrogen-bond acceptors (Lipinski definition) is 2. The van der Waals surface area contributed by atoms with Gasteiger partial charge in [0.05, 0.1) is 0 Å². The number of aromatic hydroxyl groups is 1. The minimum Gasteiger partial charge on any atom is -0.507 e. The Morgan fingerprint density at radius 2 is 2.29 bits per heavy atom. The molecule has 1 fully saturated rings. The molecule has 0 saturated carbocycles. The molecule has 0 radical (unpaired) electrons. The SMILES string of the molecule is Cc1ccc(F)c([C@H]2CCCN2)c1O. The first-order chi connectivity index (χ1) is 6.70. The normalized spacial score (nSPS) is 21.4. The van der Waals surface area contributed by atoms with Crippen molar-refractivity contribution in [3.63, 3.8) is 0 Å². The highest BCUT2D eigenvalue weighted by Crippen LogP contribution is 2.34. The Hall–Kier alpha value is -1.09. The monoisotopic (exact) mass is 195 g/mol. The maximum absolute atomic E-state index is 13.5. The summed E-state index contributed by atoms with van der Waals surface area (Å²) in [5, 5.41) is 12.9. The Morgan fingerprint density at radius 3 is 2.93 bits per heavy atom. The van der Waals surface area contributed by atoms with E-state index in [1.807, 2.05) is 0 Å². The third-order valence-corrected chi connectivity index (χ3v) is 2.77. The lowest BCUT2D eigenvalue weighted by Crippen LogP contribution is -2.14. The molecule has 1 heterocycles. The van der Waals surface area contributed by atoms with Crippen LogP contribution < -0.4 is 5.32 Å². The van der Waals surface area contributed by atoms with Crippen LogP contribution >= 0.6 is 0 Å². The molecule has 0 bridgehead atoms. The minimum atomic E-state index is -0.312. The summed E-state index contributed by atoms with van der Waals surface area (Å²) < 4.78 is 13.5. The zero-order valence-corrected chi connectivity index (χ0v) is 8.18. The molecule has 2 rings (SSSR count). The molecule has 0 aromatic heterocycles. The number of halogens is 1. The second kappa shape index (κ2) is 3.58. The van der Waals surface area contributed by atoms with Gasteiger partial charge in [0.25, 0.3) is 0 Å². The highest BCUT2D eigenvalue weighted by molar-refractivity contribution is 5.42. The minimum absolute atomic E-state index is 0.0186. The van der Waals surface area contributed by atoms with Crippen LogP contribution in [-0.2, 0) is 0 Å². The molecule has 2 N–H and O–H groups in total. The predicted octanol–water partition coefficient (Wildman–Crippen LogP) is 2.26. The zero-order valence-electron chi connectivity index (χ0n) is 8.18. The third kappa shape index (κ3) is 1.48. The number of phenols is 1. The zero-order chi connectivity index (χ0) is 10.1. The number of hydrogen-bond donors (Lipinski definition) is 2. The topological polar surface area (TPSA) is 32.3 Å². The fourth-order valence-corrected chi connectivity index (χ4v) is 1.95. The lowest BCUT2D eigenvalue weighted by Gasteiger charge is -2.14. The first kappa shape index (κ1) is 9.46. The van der Waals surface area contributed by atoms with Gasteiger partial charge in [-0.1, -0.05) is 6.07 Å². The molecule has 0 amide bonds. The molecule has 0 unspecified atom stereocenters. The molecular formula is C11H14FNO. The molecule has 1 aromatic rings. The molecule has 3 heteroatoms. The van der Waals surface area contributed by atoms with Crippen LogP contribution in [0.1, 0.15) is 30.0 Å². The fourth-order valence-electron chi connectivity index (χ4n) is 1.95. The van der Waals surface area contributed by atoms with Gasteiger partial charge in [-0.15, -0.1) is 0 Å². The Balaban J connectivity index is 2.44. The highest BCUT2D eigenvalue weighted by Gasteiger charge is 2.23. The van der Waals surface area contributed by atoms with Gasteiger partial charge in [0.2, 0.25) is 0 Å². The van der Waals surface area contributed by atoms with Gasteiger partial charge in [-0.25, -0.2) is 4.39 Å². The van der Waals surface area contributed by atoms with Crippen LogP contribution in [0.3, 0.4) is 0 Å². The van der Waals surface area contributed by atoms with E-state index in [1.165, 1.54) is 6.07 Å². The van der Waals surface area contributed by atoms with E-state index in [0.29, 0.717) is 5.56 Å². The Bertz CT molecular complexity index is 345. The summed E-state index contributed by atoms with van der Waals surface area (Å²) in [6.45, 7) is 2.69. The third-order valence-electron chi connectivity index (χ3n) is 2.77. The van der Waals surface area contributed by atoms with E-state index in [1.54, 1.807) is 13.0 Å². The number of benzene rings is 1. The van der Waals surface area contributed by atoms with Gasteiger partial charge in [0.1, 0.15) is 11.6 Å². The molecule has 1 aromatic carbocycles. The molecule has 1 saturated heterocycles. The molecule has 2 nitrogen and oxygen atoms in total. The summed E-state index contributed by atoms with van der Waals surface area (Å²) in [7, 11) is 0. The van der Waals surface area contributed by atoms with Crippen molar-refractivity contribution in [1.82, 2.24) is 5.32 Å². The van der Waals surface area contributed by atoms with Gasteiger partial charge < -0.3 is 10.4 Å². The van der Waals surface area contributed by atoms with Crippen LogP contribution in [0.4, 0.5) is 4.39 Å².